The summed E-state index contributed by atoms with van der Waals surface area (Å²) in [5, 5.41) is 12.5. The molecule has 0 aliphatic carbocycles. The normalized spacial score (nSPS) is 12.1. The minimum absolute atomic E-state index is 0.00392. The lowest BCUT2D eigenvalue weighted by atomic mass is 10.4. The van der Waals surface area contributed by atoms with E-state index in [9.17, 15) is 14.7 Å². The fraction of sp³-hybridized carbons (Fsp3) is 0. The molecule has 17 heavy (non-hydrogen) atoms. The quantitative estimate of drug-likeness (QED) is 0.522. The van der Waals surface area contributed by atoms with E-state index in [2.05, 4.69) is 9.71 Å². The van der Waals surface area contributed by atoms with E-state index in [0.29, 0.717) is 4.21 Å². The largest absolute Gasteiger partial charge is 0.587 e. The van der Waals surface area contributed by atoms with Crippen molar-refractivity contribution in [3.05, 3.63) is 46.0 Å². The molecule has 2 aromatic heterocycles. The first-order valence-corrected chi connectivity index (χ1v) is 6.53. The van der Waals surface area contributed by atoms with Crippen molar-refractivity contribution in [2.75, 3.05) is 4.72 Å². The van der Waals surface area contributed by atoms with Gasteiger partial charge in [-0.1, -0.05) is 11.3 Å². The summed E-state index contributed by atoms with van der Waals surface area (Å²) in [7, 11) is 0. The number of pyridine rings is 1. The van der Waals surface area contributed by atoms with E-state index in [4.69, 9.17) is 0 Å². The van der Waals surface area contributed by atoms with Gasteiger partial charge in [0.15, 0.2) is 0 Å². The van der Waals surface area contributed by atoms with Gasteiger partial charge in [0.1, 0.15) is 11.4 Å². The minimum Gasteiger partial charge on any atom is -0.587 e. The highest BCUT2D eigenvalue weighted by Gasteiger charge is 2.21. The van der Waals surface area contributed by atoms with E-state index < -0.39 is 16.3 Å². The molecule has 88 valence electrons. The molecule has 0 radical (unpaired) electrons. The molecule has 0 bridgehead atoms. The van der Waals surface area contributed by atoms with Crippen LogP contribution in [0.3, 0.4) is 0 Å². The zero-order chi connectivity index (χ0) is 12.3. The molecule has 0 amide bonds. The first kappa shape index (κ1) is 11.8. The monoisotopic (exact) mass is 269 g/mol. The summed E-state index contributed by atoms with van der Waals surface area (Å²) in [5.74, 6) is 0.00392. The van der Waals surface area contributed by atoms with Crippen LogP contribution in [-0.2, 0) is 11.4 Å². The Bertz CT molecular complexity index is 518. The van der Waals surface area contributed by atoms with E-state index in [1.807, 2.05) is 0 Å². The maximum Gasteiger partial charge on any atom is 0.315 e. The van der Waals surface area contributed by atoms with Gasteiger partial charge in [0.25, 0.3) is 0 Å². The van der Waals surface area contributed by atoms with Crippen molar-refractivity contribution in [1.29, 1.82) is 0 Å². The number of anilines is 1. The van der Waals surface area contributed by atoms with Crippen molar-refractivity contribution < 1.29 is 9.48 Å². The van der Waals surface area contributed by atoms with Gasteiger partial charge in [-0.25, -0.2) is 4.98 Å². The molecule has 0 aliphatic rings. The van der Waals surface area contributed by atoms with E-state index in [1.165, 1.54) is 29.7 Å². The van der Waals surface area contributed by atoms with Crippen molar-refractivity contribution in [3.63, 3.8) is 0 Å². The zero-order valence-electron chi connectivity index (χ0n) is 8.40. The maximum atomic E-state index is 11.8. The number of hydrogen-bond donors (Lipinski definition) is 1. The third-order valence-electron chi connectivity index (χ3n) is 1.85. The van der Waals surface area contributed by atoms with Gasteiger partial charge in [0.2, 0.25) is 10.0 Å². The van der Waals surface area contributed by atoms with Gasteiger partial charge in [-0.3, -0.25) is 10.1 Å². The van der Waals surface area contributed by atoms with Crippen LogP contribution >= 0.6 is 11.3 Å². The molecule has 0 saturated carbocycles. The van der Waals surface area contributed by atoms with Gasteiger partial charge in [-0.05, 0) is 17.5 Å². The second kappa shape index (κ2) is 5.13. The van der Waals surface area contributed by atoms with Crippen LogP contribution in [0.1, 0.15) is 0 Å². The Balaban J connectivity index is 2.21. The first-order valence-electron chi connectivity index (χ1n) is 4.50. The Morgan fingerprint density at radius 1 is 1.41 bits per heavy atom. The zero-order valence-corrected chi connectivity index (χ0v) is 10.0. The van der Waals surface area contributed by atoms with Gasteiger partial charge < -0.3 is 4.55 Å². The lowest BCUT2D eigenvalue weighted by molar-refractivity contribution is -0.384. The molecule has 2 aromatic rings. The second-order valence-corrected chi connectivity index (χ2v) is 5.32. The van der Waals surface area contributed by atoms with Gasteiger partial charge in [0, 0.05) is 18.3 Å². The summed E-state index contributed by atoms with van der Waals surface area (Å²) in [4.78, 5) is 14.0. The highest BCUT2D eigenvalue weighted by Crippen LogP contribution is 2.25. The van der Waals surface area contributed by atoms with Crippen LogP contribution < -0.4 is 4.72 Å². The first-order chi connectivity index (χ1) is 8.18. The highest BCUT2D eigenvalue weighted by molar-refractivity contribution is 7.94. The predicted molar refractivity (Wildman–Crippen MR) is 65.2 cm³/mol. The van der Waals surface area contributed by atoms with E-state index in [-0.39, 0.29) is 11.5 Å². The van der Waals surface area contributed by atoms with Crippen LogP contribution in [0, 0.1) is 10.1 Å². The van der Waals surface area contributed by atoms with Crippen molar-refractivity contribution in [2.24, 2.45) is 0 Å². The second-order valence-electron chi connectivity index (χ2n) is 2.93. The van der Waals surface area contributed by atoms with Crippen LogP contribution in [-0.4, -0.2) is 14.5 Å². The van der Waals surface area contributed by atoms with Crippen LogP contribution in [0.4, 0.5) is 11.5 Å². The molecule has 0 saturated heterocycles. The lowest BCUT2D eigenvalue weighted by Gasteiger charge is -2.08. The summed E-state index contributed by atoms with van der Waals surface area (Å²) >= 11 is -0.224. The summed E-state index contributed by atoms with van der Waals surface area (Å²) in [6, 6.07) is 6.20. The molecule has 8 heteroatoms. The molecule has 1 N–H and O–H groups in total. The average Bonchev–Trinajstić information content (AvgIpc) is 2.83. The van der Waals surface area contributed by atoms with Crippen LogP contribution in [0.15, 0.2) is 40.1 Å². The molecule has 2 heterocycles. The van der Waals surface area contributed by atoms with Crippen LogP contribution in [0.5, 0.6) is 0 Å². The summed E-state index contributed by atoms with van der Waals surface area (Å²) in [5.41, 5.74) is -0.197. The summed E-state index contributed by atoms with van der Waals surface area (Å²) < 4.78 is 14.9. The molecular weight excluding hydrogens is 262 g/mol. The number of nitrogens with one attached hydrogen (secondary N) is 1. The van der Waals surface area contributed by atoms with Crippen molar-refractivity contribution in [2.45, 2.75) is 4.21 Å². The molecule has 1 unspecified atom stereocenters. The Morgan fingerprint density at radius 2 is 2.24 bits per heavy atom. The van der Waals surface area contributed by atoms with Crippen LogP contribution in [0.25, 0.3) is 0 Å². The number of aromatic nitrogens is 1. The fourth-order valence-electron chi connectivity index (χ4n) is 1.13. The number of nitro groups is 1. The van der Waals surface area contributed by atoms with Gasteiger partial charge in [0.05, 0.1) is 4.92 Å². The van der Waals surface area contributed by atoms with E-state index >= 15 is 0 Å². The topological polar surface area (TPSA) is 91.1 Å². The van der Waals surface area contributed by atoms with Gasteiger partial charge in [-0.2, -0.15) is 4.72 Å². The molecule has 6 nitrogen and oxygen atoms in total. The SMILES string of the molecule is O=[N+]([O-])c1cccnc1N[S+]([O-])c1cccs1. The smallest absolute Gasteiger partial charge is 0.315 e. The Morgan fingerprint density at radius 3 is 2.88 bits per heavy atom. The third kappa shape index (κ3) is 2.73. The van der Waals surface area contributed by atoms with Crippen LogP contribution in [0.2, 0.25) is 0 Å². The summed E-state index contributed by atoms with van der Waals surface area (Å²) in [6.45, 7) is 0. The highest BCUT2D eigenvalue weighted by atomic mass is 32.2. The van der Waals surface area contributed by atoms with Gasteiger partial charge in [-0.15, -0.1) is 0 Å². The van der Waals surface area contributed by atoms with E-state index in [1.54, 1.807) is 17.5 Å². The molecule has 0 fully saturated rings. The van der Waals surface area contributed by atoms with Crippen molar-refractivity contribution >= 4 is 34.2 Å². The Kier molecular flexibility index (Phi) is 3.57. The lowest BCUT2D eigenvalue weighted by Crippen LogP contribution is -2.13. The Labute approximate surface area is 104 Å². The van der Waals surface area contributed by atoms with Crippen molar-refractivity contribution in [1.82, 2.24) is 4.98 Å². The molecule has 0 aliphatic heterocycles. The molecule has 0 aromatic carbocycles. The average molecular weight is 269 g/mol. The standard InChI is InChI=1S/C9H7N3O3S2/c13-12(14)7-3-1-5-10-9(7)11-17(15)8-4-2-6-16-8/h1-6H,(H,10,11). The molecular formula is C9H7N3O3S2. The fourth-order valence-corrected chi connectivity index (χ4v) is 2.86. The molecule has 1 atom stereocenters. The van der Waals surface area contributed by atoms with Gasteiger partial charge >= 0.3 is 5.69 Å². The summed E-state index contributed by atoms with van der Waals surface area (Å²) in [6.07, 6.45) is 1.40. The minimum atomic E-state index is -1.53. The molecule has 2 rings (SSSR count). The predicted octanol–water partition coefficient (Wildman–Crippen LogP) is 2.19. The number of hydrogen-bond acceptors (Lipinski definition) is 6. The number of rotatable bonds is 4. The number of thiophene rings is 1. The number of nitrogens with zero attached hydrogens (tertiary/aromatic N) is 2. The Hall–Kier alpha value is -1.64. The van der Waals surface area contributed by atoms with E-state index in [0.717, 1.165) is 0 Å². The maximum absolute atomic E-state index is 11.8. The third-order valence-corrected chi connectivity index (χ3v) is 4.13. The van der Waals surface area contributed by atoms with Crippen molar-refractivity contribution in [3.8, 4) is 0 Å². The molecule has 0 spiro atoms.